The Morgan fingerprint density at radius 1 is 1.55 bits per heavy atom. The Labute approximate surface area is 120 Å². The fourth-order valence-corrected chi connectivity index (χ4v) is 2.60. The van der Waals surface area contributed by atoms with Gasteiger partial charge in [0.25, 0.3) is 0 Å². The highest BCUT2D eigenvalue weighted by molar-refractivity contribution is 5.88. The van der Waals surface area contributed by atoms with Gasteiger partial charge < -0.3 is 15.0 Å². The highest BCUT2D eigenvalue weighted by atomic mass is 16.5. The van der Waals surface area contributed by atoms with Gasteiger partial charge >= 0.3 is 5.97 Å². The van der Waals surface area contributed by atoms with E-state index < -0.39 is 5.97 Å². The molecule has 1 unspecified atom stereocenters. The van der Waals surface area contributed by atoms with Crippen molar-refractivity contribution in [1.29, 1.82) is 0 Å². The number of rotatable bonds is 5. The molecule has 1 aliphatic rings. The Balaban J connectivity index is 2.08. The lowest BCUT2D eigenvalue weighted by Gasteiger charge is -2.31. The third kappa shape index (κ3) is 3.70. The maximum atomic E-state index is 11.6. The summed E-state index contributed by atoms with van der Waals surface area (Å²) in [6.07, 6.45) is 5.44. The molecule has 1 aromatic heterocycles. The van der Waals surface area contributed by atoms with Crippen LogP contribution in [0.15, 0.2) is 18.3 Å². The number of pyridine rings is 1. The van der Waals surface area contributed by atoms with Gasteiger partial charge in [-0.1, -0.05) is 6.42 Å². The summed E-state index contributed by atoms with van der Waals surface area (Å²) in [5.41, 5.74) is 1.38. The van der Waals surface area contributed by atoms with Crippen molar-refractivity contribution in [1.82, 2.24) is 10.3 Å². The predicted molar refractivity (Wildman–Crippen MR) is 79.1 cm³/mol. The first-order chi connectivity index (χ1) is 9.74. The van der Waals surface area contributed by atoms with Crippen molar-refractivity contribution in [3.8, 4) is 0 Å². The molecule has 1 atom stereocenters. The topological polar surface area (TPSA) is 54.5 Å². The lowest BCUT2D eigenvalue weighted by atomic mass is 10.0. The average molecular weight is 277 g/mol. The number of hydrogen-bond donors (Lipinski definition) is 1. The van der Waals surface area contributed by atoms with Gasteiger partial charge in [-0.25, -0.2) is 9.78 Å². The highest BCUT2D eigenvalue weighted by Gasteiger charge is 2.17. The Bertz CT molecular complexity index is 444. The van der Waals surface area contributed by atoms with Crippen LogP contribution in [0.25, 0.3) is 0 Å². The Kier molecular flexibility index (Phi) is 5.35. The van der Waals surface area contributed by atoms with E-state index in [1.54, 1.807) is 12.3 Å². The molecule has 20 heavy (non-hydrogen) atoms. The number of ether oxygens (including phenoxy) is 1. The monoisotopic (exact) mass is 277 g/mol. The van der Waals surface area contributed by atoms with E-state index >= 15 is 0 Å². The van der Waals surface area contributed by atoms with Gasteiger partial charge in [-0.15, -0.1) is 0 Å². The quantitative estimate of drug-likeness (QED) is 0.832. The number of likely N-dealkylation sites (N-methyl/N-ethyl adjacent to an activating group) is 1. The van der Waals surface area contributed by atoms with Crippen molar-refractivity contribution in [3.05, 3.63) is 24.0 Å². The second-order valence-electron chi connectivity index (χ2n) is 5.08. The minimum atomic E-state index is -0.390. The molecule has 1 N–H and O–H groups in total. The first-order valence-corrected chi connectivity index (χ1v) is 7.27. The number of carbonyl (C=O) groups is 1. The number of hydrogen-bond acceptors (Lipinski definition) is 5. The van der Waals surface area contributed by atoms with E-state index in [0.29, 0.717) is 11.7 Å². The van der Waals surface area contributed by atoms with E-state index in [1.807, 2.05) is 6.07 Å². The standard InChI is InChI=1S/C15H23N3O2/c1-3-18(11-12-6-4-5-8-16-12)13-7-9-17-14(10-13)15(19)20-2/h7,9-10,12,16H,3-6,8,11H2,1-2H3. The lowest BCUT2D eigenvalue weighted by Crippen LogP contribution is -2.43. The predicted octanol–water partition coefficient (Wildman–Crippen LogP) is 1.84. The molecule has 0 spiro atoms. The zero-order chi connectivity index (χ0) is 14.4. The van der Waals surface area contributed by atoms with Gasteiger partial charge in [-0.2, -0.15) is 0 Å². The van der Waals surface area contributed by atoms with Crippen LogP contribution in [0, 0.1) is 0 Å². The Morgan fingerprint density at radius 2 is 2.40 bits per heavy atom. The Hall–Kier alpha value is -1.62. The molecule has 1 aromatic rings. The number of piperidine rings is 1. The molecule has 0 amide bonds. The maximum Gasteiger partial charge on any atom is 0.356 e. The van der Waals surface area contributed by atoms with Gasteiger partial charge in [0.15, 0.2) is 0 Å². The third-order valence-electron chi connectivity index (χ3n) is 3.74. The van der Waals surface area contributed by atoms with Crippen LogP contribution in [0.5, 0.6) is 0 Å². The van der Waals surface area contributed by atoms with E-state index in [4.69, 9.17) is 4.74 Å². The molecule has 2 rings (SSSR count). The van der Waals surface area contributed by atoms with E-state index in [2.05, 4.69) is 22.1 Å². The van der Waals surface area contributed by atoms with Crippen LogP contribution in [0.4, 0.5) is 5.69 Å². The van der Waals surface area contributed by atoms with Crippen LogP contribution in [-0.4, -0.2) is 43.7 Å². The van der Waals surface area contributed by atoms with Crippen LogP contribution in [0.2, 0.25) is 0 Å². The summed E-state index contributed by atoms with van der Waals surface area (Å²) in [6.45, 7) is 5.09. The van der Waals surface area contributed by atoms with Crippen molar-refractivity contribution < 1.29 is 9.53 Å². The summed E-state index contributed by atoms with van der Waals surface area (Å²) < 4.78 is 4.72. The number of nitrogens with one attached hydrogen (secondary N) is 1. The van der Waals surface area contributed by atoms with Crippen molar-refractivity contribution in [2.75, 3.05) is 31.6 Å². The molecule has 2 heterocycles. The van der Waals surface area contributed by atoms with Gasteiger partial charge in [-0.3, -0.25) is 0 Å². The normalized spacial score (nSPS) is 18.6. The fraction of sp³-hybridized carbons (Fsp3) is 0.600. The molecule has 110 valence electrons. The number of esters is 1. The van der Waals surface area contributed by atoms with E-state index in [0.717, 1.165) is 25.3 Å². The van der Waals surface area contributed by atoms with Gasteiger partial charge in [0.2, 0.25) is 0 Å². The molecule has 5 heteroatoms. The Morgan fingerprint density at radius 3 is 3.05 bits per heavy atom. The van der Waals surface area contributed by atoms with Crippen molar-refractivity contribution >= 4 is 11.7 Å². The smallest absolute Gasteiger partial charge is 0.356 e. The zero-order valence-corrected chi connectivity index (χ0v) is 12.3. The maximum absolute atomic E-state index is 11.6. The molecule has 1 aliphatic heterocycles. The number of aromatic nitrogens is 1. The second kappa shape index (κ2) is 7.24. The summed E-state index contributed by atoms with van der Waals surface area (Å²) in [5, 5.41) is 3.55. The van der Waals surface area contributed by atoms with E-state index in [1.165, 1.54) is 26.4 Å². The van der Waals surface area contributed by atoms with Gasteiger partial charge in [0.05, 0.1) is 7.11 Å². The number of nitrogens with zero attached hydrogens (tertiary/aromatic N) is 2. The average Bonchev–Trinajstić information content (AvgIpc) is 2.53. The van der Waals surface area contributed by atoms with Crippen molar-refractivity contribution in [3.63, 3.8) is 0 Å². The molecule has 0 radical (unpaired) electrons. The lowest BCUT2D eigenvalue weighted by molar-refractivity contribution is 0.0594. The number of carbonyl (C=O) groups excluding carboxylic acids is 1. The summed E-state index contributed by atoms with van der Waals surface area (Å²) in [5.74, 6) is -0.390. The van der Waals surface area contributed by atoms with E-state index in [9.17, 15) is 4.79 Å². The first-order valence-electron chi connectivity index (χ1n) is 7.27. The van der Waals surface area contributed by atoms with Crippen LogP contribution in [-0.2, 0) is 4.74 Å². The fourth-order valence-electron chi connectivity index (χ4n) is 2.60. The van der Waals surface area contributed by atoms with Gasteiger partial charge in [-0.05, 0) is 38.4 Å². The highest BCUT2D eigenvalue weighted by Crippen LogP contribution is 2.17. The minimum Gasteiger partial charge on any atom is -0.464 e. The van der Waals surface area contributed by atoms with Crippen molar-refractivity contribution in [2.45, 2.75) is 32.2 Å². The van der Waals surface area contributed by atoms with Crippen LogP contribution in [0.1, 0.15) is 36.7 Å². The summed E-state index contributed by atoms with van der Waals surface area (Å²) in [4.78, 5) is 17.9. The molecule has 0 aliphatic carbocycles. The molecule has 0 saturated carbocycles. The van der Waals surface area contributed by atoms with E-state index in [-0.39, 0.29) is 0 Å². The minimum absolute atomic E-state index is 0.361. The molecule has 0 bridgehead atoms. The molecular weight excluding hydrogens is 254 g/mol. The molecule has 5 nitrogen and oxygen atoms in total. The molecule has 1 fully saturated rings. The van der Waals surface area contributed by atoms with Crippen molar-refractivity contribution in [2.24, 2.45) is 0 Å². The summed E-state index contributed by atoms with van der Waals surface area (Å²) in [6, 6.07) is 4.27. The zero-order valence-electron chi connectivity index (χ0n) is 12.3. The SMILES string of the molecule is CCN(CC1CCCCN1)c1ccnc(C(=O)OC)c1. The number of methoxy groups -OCH3 is 1. The third-order valence-corrected chi connectivity index (χ3v) is 3.74. The summed E-state index contributed by atoms with van der Waals surface area (Å²) in [7, 11) is 1.38. The molecule has 1 saturated heterocycles. The first kappa shape index (κ1) is 14.8. The van der Waals surface area contributed by atoms with Crippen LogP contribution in [0.3, 0.4) is 0 Å². The molecular formula is C15H23N3O2. The second-order valence-corrected chi connectivity index (χ2v) is 5.08. The largest absolute Gasteiger partial charge is 0.464 e. The van der Waals surface area contributed by atoms with Crippen LogP contribution < -0.4 is 10.2 Å². The van der Waals surface area contributed by atoms with Crippen LogP contribution >= 0.6 is 0 Å². The number of anilines is 1. The summed E-state index contributed by atoms with van der Waals surface area (Å²) >= 11 is 0. The van der Waals surface area contributed by atoms with Gasteiger partial charge in [0.1, 0.15) is 5.69 Å². The molecule has 0 aromatic carbocycles. The van der Waals surface area contributed by atoms with Gasteiger partial charge in [0, 0.05) is 31.0 Å².